The standard InChI is InChI=1S/C15H24N2/c1-12-5-2-3-6-13(12)9-10-17-15-8-4-7-14(15)11-16/h2-3,5-6,14-15,17H,4,7-11,16H2,1H3. The zero-order valence-electron chi connectivity index (χ0n) is 10.8. The van der Waals surface area contributed by atoms with Gasteiger partial charge in [0.15, 0.2) is 0 Å². The Labute approximate surface area is 105 Å². The van der Waals surface area contributed by atoms with Gasteiger partial charge in [0.2, 0.25) is 0 Å². The molecule has 2 unspecified atom stereocenters. The summed E-state index contributed by atoms with van der Waals surface area (Å²) in [5.41, 5.74) is 8.65. The molecule has 1 aliphatic carbocycles. The van der Waals surface area contributed by atoms with E-state index in [4.69, 9.17) is 5.73 Å². The van der Waals surface area contributed by atoms with E-state index in [2.05, 4.69) is 36.5 Å². The molecule has 0 aromatic heterocycles. The third-order valence-electron chi connectivity index (χ3n) is 4.02. The fourth-order valence-electron chi connectivity index (χ4n) is 2.87. The van der Waals surface area contributed by atoms with Crippen molar-refractivity contribution in [1.82, 2.24) is 5.32 Å². The molecule has 0 saturated heterocycles. The molecule has 2 nitrogen and oxygen atoms in total. The van der Waals surface area contributed by atoms with Gasteiger partial charge in [0.1, 0.15) is 0 Å². The quantitative estimate of drug-likeness (QED) is 0.817. The summed E-state index contributed by atoms with van der Waals surface area (Å²) in [5, 5.41) is 3.68. The van der Waals surface area contributed by atoms with Crippen molar-refractivity contribution in [2.45, 2.75) is 38.6 Å². The average molecular weight is 232 g/mol. The zero-order chi connectivity index (χ0) is 12.1. The van der Waals surface area contributed by atoms with Crippen LogP contribution in [0.1, 0.15) is 30.4 Å². The van der Waals surface area contributed by atoms with Crippen molar-refractivity contribution in [3.05, 3.63) is 35.4 Å². The van der Waals surface area contributed by atoms with Crippen LogP contribution in [0.4, 0.5) is 0 Å². The first-order valence-electron chi connectivity index (χ1n) is 6.79. The van der Waals surface area contributed by atoms with Crippen molar-refractivity contribution in [2.75, 3.05) is 13.1 Å². The van der Waals surface area contributed by atoms with E-state index in [0.29, 0.717) is 12.0 Å². The summed E-state index contributed by atoms with van der Waals surface area (Å²) in [6.45, 7) is 4.10. The fraction of sp³-hybridized carbons (Fsp3) is 0.600. The smallest absolute Gasteiger partial charge is 0.0107 e. The summed E-state index contributed by atoms with van der Waals surface area (Å²) in [6, 6.07) is 9.30. The van der Waals surface area contributed by atoms with Crippen LogP contribution in [0.25, 0.3) is 0 Å². The molecule has 1 aromatic carbocycles. The third kappa shape index (κ3) is 3.30. The van der Waals surface area contributed by atoms with Crippen LogP contribution in [-0.2, 0) is 6.42 Å². The number of rotatable bonds is 5. The zero-order valence-corrected chi connectivity index (χ0v) is 10.8. The van der Waals surface area contributed by atoms with Gasteiger partial charge in [0.25, 0.3) is 0 Å². The molecule has 2 atom stereocenters. The van der Waals surface area contributed by atoms with Gasteiger partial charge in [-0.05, 0) is 56.3 Å². The molecule has 1 aliphatic rings. The van der Waals surface area contributed by atoms with Gasteiger partial charge < -0.3 is 11.1 Å². The molecule has 94 valence electrons. The molecule has 0 heterocycles. The first kappa shape index (κ1) is 12.6. The third-order valence-corrected chi connectivity index (χ3v) is 4.02. The number of hydrogen-bond donors (Lipinski definition) is 2. The Hall–Kier alpha value is -0.860. The van der Waals surface area contributed by atoms with Crippen LogP contribution in [0.2, 0.25) is 0 Å². The van der Waals surface area contributed by atoms with Gasteiger partial charge >= 0.3 is 0 Å². The minimum Gasteiger partial charge on any atom is -0.330 e. The fourth-order valence-corrected chi connectivity index (χ4v) is 2.87. The molecule has 0 aliphatic heterocycles. The highest BCUT2D eigenvalue weighted by Gasteiger charge is 2.24. The van der Waals surface area contributed by atoms with Crippen LogP contribution in [-0.4, -0.2) is 19.1 Å². The Balaban J connectivity index is 1.78. The first-order valence-corrected chi connectivity index (χ1v) is 6.79. The number of nitrogens with two attached hydrogens (primary N) is 1. The number of hydrogen-bond acceptors (Lipinski definition) is 2. The number of aryl methyl sites for hydroxylation is 1. The van der Waals surface area contributed by atoms with E-state index in [1.54, 1.807) is 0 Å². The number of benzene rings is 1. The lowest BCUT2D eigenvalue weighted by atomic mass is 10.0. The molecule has 3 N–H and O–H groups in total. The van der Waals surface area contributed by atoms with Gasteiger partial charge in [0.05, 0.1) is 0 Å². The summed E-state index contributed by atoms with van der Waals surface area (Å²) in [4.78, 5) is 0. The highest BCUT2D eigenvalue weighted by atomic mass is 14.9. The molecule has 0 bridgehead atoms. The molecule has 2 heteroatoms. The Kier molecular flexibility index (Phi) is 4.57. The second-order valence-electron chi connectivity index (χ2n) is 5.16. The molecule has 0 spiro atoms. The van der Waals surface area contributed by atoms with Crippen LogP contribution >= 0.6 is 0 Å². The van der Waals surface area contributed by atoms with Crippen LogP contribution in [0.15, 0.2) is 24.3 Å². The van der Waals surface area contributed by atoms with Crippen molar-refractivity contribution in [2.24, 2.45) is 11.7 Å². The van der Waals surface area contributed by atoms with Gasteiger partial charge in [0, 0.05) is 6.04 Å². The van der Waals surface area contributed by atoms with Crippen LogP contribution in [0.5, 0.6) is 0 Å². The number of nitrogens with one attached hydrogen (secondary N) is 1. The topological polar surface area (TPSA) is 38.0 Å². The van der Waals surface area contributed by atoms with Gasteiger partial charge in [-0.3, -0.25) is 0 Å². The predicted octanol–water partition coefficient (Wildman–Crippen LogP) is 2.25. The van der Waals surface area contributed by atoms with Crippen LogP contribution in [0.3, 0.4) is 0 Å². The minimum absolute atomic E-state index is 0.656. The first-order chi connectivity index (χ1) is 8.31. The molecular formula is C15H24N2. The SMILES string of the molecule is Cc1ccccc1CCNC1CCCC1CN. The molecule has 17 heavy (non-hydrogen) atoms. The van der Waals surface area contributed by atoms with Crippen LogP contribution in [0, 0.1) is 12.8 Å². The van der Waals surface area contributed by atoms with Crippen LogP contribution < -0.4 is 11.1 Å². The molecule has 0 amide bonds. The van der Waals surface area contributed by atoms with E-state index in [0.717, 1.165) is 19.5 Å². The Morgan fingerprint density at radius 1 is 1.29 bits per heavy atom. The van der Waals surface area contributed by atoms with E-state index in [-0.39, 0.29) is 0 Å². The monoisotopic (exact) mass is 232 g/mol. The normalized spacial score (nSPS) is 24.1. The lowest BCUT2D eigenvalue weighted by Gasteiger charge is -2.19. The predicted molar refractivity (Wildman–Crippen MR) is 73.1 cm³/mol. The molecule has 2 rings (SSSR count). The maximum absolute atomic E-state index is 5.79. The molecular weight excluding hydrogens is 208 g/mol. The lowest BCUT2D eigenvalue weighted by molar-refractivity contribution is 0.410. The summed E-state index contributed by atoms with van der Waals surface area (Å²) in [7, 11) is 0. The van der Waals surface area contributed by atoms with E-state index in [9.17, 15) is 0 Å². The summed E-state index contributed by atoms with van der Waals surface area (Å²) < 4.78 is 0. The van der Waals surface area contributed by atoms with Crippen molar-refractivity contribution >= 4 is 0 Å². The molecule has 1 saturated carbocycles. The van der Waals surface area contributed by atoms with E-state index < -0.39 is 0 Å². The van der Waals surface area contributed by atoms with Gasteiger partial charge in [-0.1, -0.05) is 30.7 Å². The minimum atomic E-state index is 0.656. The van der Waals surface area contributed by atoms with E-state index >= 15 is 0 Å². The second kappa shape index (κ2) is 6.18. The Bertz CT molecular complexity index is 349. The molecule has 0 radical (unpaired) electrons. The van der Waals surface area contributed by atoms with Crippen molar-refractivity contribution < 1.29 is 0 Å². The summed E-state index contributed by atoms with van der Waals surface area (Å²) in [6.07, 6.45) is 5.07. The van der Waals surface area contributed by atoms with Gasteiger partial charge in [-0.2, -0.15) is 0 Å². The van der Waals surface area contributed by atoms with Crippen molar-refractivity contribution in [3.63, 3.8) is 0 Å². The second-order valence-corrected chi connectivity index (χ2v) is 5.16. The molecule has 1 fully saturated rings. The highest BCUT2D eigenvalue weighted by Crippen LogP contribution is 2.24. The van der Waals surface area contributed by atoms with Gasteiger partial charge in [-0.25, -0.2) is 0 Å². The van der Waals surface area contributed by atoms with E-state index in [1.807, 2.05) is 0 Å². The lowest BCUT2D eigenvalue weighted by Crippen LogP contribution is -2.37. The maximum Gasteiger partial charge on any atom is 0.0107 e. The summed E-state index contributed by atoms with van der Waals surface area (Å²) >= 11 is 0. The molecule has 1 aromatic rings. The largest absolute Gasteiger partial charge is 0.330 e. The Morgan fingerprint density at radius 3 is 2.88 bits per heavy atom. The Morgan fingerprint density at radius 2 is 2.12 bits per heavy atom. The van der Waals surface area contributed by atoms with Crippen molar-refractivity contribution in [1.29, 1.82) is 0 Å². The summed E-state index contributed by atoms with van der Waals surface area (Å²) in [5.74, 6) is 0.701. The maximum atomic E-state index is 5.79. The average Bonchev–Trinajstić information content (AvgIpc) is 2.79. The van der Waals surface area contributed by atoms with Gasteiger partial charge in [-0.15, -0.1) is 0 Å². The highest BCUT2D eigenvalue weighted by molar-refractivity contribution is 5.25. The van der Waals surface area contributed by atoms with E-state index in [1.165, 1.54) is 30.4 Å². The van der Waals surface area contributed by atoms with Crippen molar-refractivity contribution in [3.8, 4) is 0 Å².